The molecule has 10 rings (SSSR count). The lowest BCUT2D eigenvalue weighted by atomic mass is 9.67. The molecule has 2 aliphatic carbocycles. The Labute approximate surface area is 284 Å². The van der Waals surface area contributed by atoms with E-state index in [-0.39, 0.29) is 5.41 Å². The number of rotatable bonds is 3. The van der Waals surface area contributed by atoms with E-state index in [9.17, 15) is 5.26 Å². The third-order valence-corrected chi connectivity index (χ3v) is 10.9. The maximum atomic E-state index is 9.88. The molecule has 1 spiro atoms. The van der Waals surface area contributed by atoms with E-state index in [1.54, 1.807) is 0 Å². The molecule has 1 saturated carbocycles. The monoisotopic (exact) mass is 629 g/mol. The molecule has 2 heterocycles. The summed E-state index contributed by atoms with van der Waals surface area (Å²) in [5.74, 6) is 0.658. The second-order valence-corrected chi connectivity index (χ2v) is 13.6. The van der Waals surface area contributed by atoms with Crippen molar-refractivity contribution in [2.45, 2.75) is 37.5 Å². The molecular weight excluding hydrogens is 599 g/mol. The average molecular weight is 630 g/mol. The molecule has 232 valence electrons. The van der Waals surface area contributed by atoms with Gasteiger partial charge in [-0.25, -0.2) is 9.97 Å². The van der Waals surface area contributed by atoms with E-state index in [1.807, 2.05) is 24.3 Å². The Morgan fingerprint density at radius 1 is 0.571 bits per heavy atom. The van der Waals surface area contributed by atoms with Gasteiger partial charge < -0.3 is 4.42 Å². The molecule has 49 heavy (non-hydrogen) atoms. The third-order valence-electron chi connectivity index (χ3n) is 10.9. The first kappa shape index (κ1) is 28.0. The van der Waals surface area contributed by atoms with Gasteiger partial charge in [0.25, 0.3) is 0 Å². The van der Waals surface area contributed by atoms with Gasteiger partial charge in [-0.05, 0) is 88.3 Å². The number of hydrogen-bond acceptors (Lipinski definition) is 4. The quantitative estimate of drug-likeness (QED) is 0.195. The van der Waals surface area contributed by atoms with Crippen molar-refractivity contribution < 1.29 is 4.42 Å². The van der Waals surface area contributed by atoms with Gasteiger partial charge >= 0.3 is 0 Å². The van der Waals surface area contributed by atoms with Gasteiger partial charge in [0.05, 0.1) is 23.0 Å². The molecule has 4 heteroatoms. The van der Waals surface area contributed by atoms with Crippen LogP contribution in [0.2, 0.25) is 0 Å². The predicted octanol–water partition coefficient (Wildman–Crippen LogP) is 11.6. The fourth-order valence-corrected chi connectivity index (χ4v) is 8.60. The molecular formula is C45H31N3O. The van der Waals surface area contributed by atoms with Gasteiger partial charge in [0, 0.05) is 32.9 Å². The zero-order chi connectivity index (χ0) is 32.5. The highest BCUT2D eigenvalue weighted by molar-refractivity contribution is 6.05. The summed E-state index contributed by atoms with van der Waals surface area (Å²) in [6, 6.07) is 47.0. The summed E-state index contributed by atoms with van der Waals surface area (Å²) in [7, 11) is 0. The van der Waals surface area contributed by atoms with Crippen LogP contribution in [0.25, 0.3) is 77.7 Å². The molecule has 6 aromatic carbocycles. The first-order chi connectivity index (χ1) is 24.2. The highest BCUT2D eigenvalue weighted by atomic mass is 16.3. The fraction of sp³-hybridized carbons (Fsp3) is 0.133. The maximum Gasteiger partial charge on any atom is 0.160 e. The Balaban J connectivity index is 1.22. The topological polar surface area (TPSA) is 62.7 Å². The van der Waals surface area contributed by atoms with E-state index in [0.717, 1.165) is 68.4 Å². The molecule has 8 aromatic rings. The fourth-order valence-electron chi connectivity index (χ4n) is 8.60. The van der Waals surface area contributed by atoms with Crippen molar-refractivity contribution in [2.75, 3.05) is 0 Å². The summed E-state index contributed by atoms with van der Waals surface area (Å²) < 4.78 is 6.30. The number of hydrogen-bond donors (Lipinski definition) is 0. The molecule has 0 radical (unpaired) electrons. The summed E-state index contributed by atoms with van der Waals surface area (Å²) >= 11 is 0. The van der Waals surface area contributed by atoms with Crippen LogP contribution in [0.5, 0.6) is 0 Å². The van der Waals surface area contributed by atoms with Gasteiger partial charge in [-0.2, -0.15) is 5.26 Å². The van der Waals surface area contributed by atoms with Crippen molar-refractivity contribution in [2.24, 2.45) is 0 Å². The zero-order valence-corrected chi connectivity index (χ0v) is 26.9. The summed E-state index contributed by atoms with van der Waals surface area (Å²) in [4.78, 5) is 10.6. The van der Waals surface area contributed by atoms with Crippen molar-refractivity contribution in [3.05, 3.63) is 144 Å². The summed E-state index contributed by atoms with van der Waals surface area (Å²) in [5.41, 5.74) is 12.3. The molecule has 2 aliphatic rings. The van der Waals surface area contributed by atoms with Crippen LogP contribution >= 0.6 is 0 Å². The molecule has 2 aromatic heterocycles. The van der Waals surface area contributed by atoms with Crippen LogP contribution < -0.4 is 0 Å². The number of furan rings is 1. The van der Waals surface area contributed by atoms with Crippen LogP contribution in [-0.4, -0.2) is 9.97 Å². The highest BCUT2D eigenvalue weighted by Crippen LogP contribution is 2.58. The Morgan fingerprint density at radius 2 is 1.37 bits per heavy atom. The smallest absolute Gasteiger partial charge is 0.160 e. The standard InChI is InChI=1S/C45H31N3O/c46-27-28-15-19-35-38(23-28)45(21-6-1-7-22-45)37-13-8-12-36(43(35)37)40-26-39(31-17-16-29-9-2-3-10-30(29)24-31)47-44(48-40)32-18-20-34-33-11-4-5-14-41(33)49-42(34)25-32/h2-5,8-20,23-26H,1,6-7,21-22H2. The number of aromatic nitrogens is 2. The summed E-state index contributed by atoms with van der Waals surface area (Å²) in [6.07, 6.45) is 5.83. The Hall–Kier alpha value is -6.05. The molecule has 0 saturated heterocycles. The first-order valence-corrected chi connectivity index (χ1v) is 17.2. The van der Waals surface area contributed by atoms with Gasteiger partial charge in [-0.15, -0.1) is 0 Å². The minimum absolute atomic E-state index is 0.0743. The zero-order valence-electron chi connectivity index (χ0n) is 26.9. The van der Waals surface area contributed by atoms with Crippen LogP contribution in [0.15, 0.2) is 132 Å². The average Bonchev–Trinajstić information content (AvgIpc) is 3.67. The van der Waals surface area contributed by atoms with Crippen molar-refractivity contribution >= 4 is 32.7 Å². The molecule has 1 fully saturated rings. The largest absolute Gasteiger partial charge is 0.456 e. The Morgan fingerprint density at radius 3 is 2.27 bits per heavy atom. The number of fused-ring (bicyclic) bond motifs is 9. The lowest BCUT2D eigenvalue weighted by Crippen LogP contribution is -2.28. The third kappa shape index (κ3) is 4.29. The minimum Gasteiger partial charge on any atom is -0.456 e. The lowest BCUT2D eigenvalue weighted by Gasteiger charge is -2.36. The molecule has 4 nitrogen and oxygen atoms in total. The van der Waals surface area contributed by atoms with Crippen LogP contribution in [-0.2, 0) is 5.41 Å². The van der Waals surface area contributed by atoms with Crippen LogP contribution in [0.1, 0.15) is 48.8 Å². The van der Waals surface area contributed by atoms with E-state index < -0.39 is 0 Å². The molecule has 0 aliphatic heterocycles. The summed E-state index contributed by atoms with van der Waals surface area (Å²) in [5, 5.41) is 14.4. The van der Waals surface area contributed by atoms with Crippen LogP contribution in [0.3, 0.4) is 0 Å². The number of nitriles is 1. The van der Waals surface area contributed by atoms with E-state index in [1.165, 1.54) is 52.3 Å². The van der Waals surface area contributed by atoms with Gasteiger partial charge in [0.2, 0.25) is 0 Å². The van der Waals surface area contributed by atoms with Crippen LogP contribution in [0, 0.1) is 11.3 Å². The number of nitrogens with zero attached hydrogens (tertiary/aromatic N) is 3. The normalized spacial score (nSPS) is 14.7. The van der Waals surface area contributed by atoms with Gasteiger partial charge in [-0.3, -0.25) is 0 Å². The number of para-hydroxylation sites is 1. The Bertz CT molecular complexity index is 2670. The van der Waals surface area contributed by atoms with Crippen molar-refractivity contribution in [1.82, 2.24) is 9.97 Å². The maximum absolute atomic E-state index is 9.88. The van der Waals surface area contributed by atoms with Crippen molar-refractivity contribution in [3.63, 3.8) is 0 Å². The van der Waals surface area contributed by atoms with E-state index >= 15 is 0 Å². The Kier molecular flexibility index (Phi) is 6.14. The van der Waals surface area contributed by atoms with Crippen LogP contribution in [0.4, 0.5) is 0 Å². The highest BCUT2D eigenvalue weighted by Gasteiger charge is 2.44. The lowest BCUT2D eigenvalue weighted by molar-refractivity contribution is 0.353. The molecule has 0 unspecified atom stereocenters. The van der Waals surface area contributed by atoms with Gasteiger partial charge in [0.1, 0.15) is 11.2 Å². The molecule has 0 atom stereocenters. The molecule has 0 amide bonds. The predicted molar refractivity (Wildman–Crippen MR) is 197 cm³/mol. The van der Waals surface area contributed by atoms with Gasteiger partial charge in [0.15, 0.2) is 5.82 Å². The first-order valence-electron chi connectivity index (χ1n) is 17.2. The van der Waals surface area contributed by atoms with E-state index in [0.29, 0.717) is 5.82 Å². The van der Waals surface area contributed by atoms with Crippen molar-refractivity contribution in [3.8, 4) is 51.1 Å². The minimum atomic E-state index is -0.0743. The van der Waals surface area contributed by atoms with Gasteiger partial charge in [-0.1, -0.05) is 104 Å². The van der Waals surface area contributed by atoms with E-state index in [2.05, 4.69) is 109 Å². The molecule has 0 bridgehead atoms. The van der Waals surface area contributed by atoms with Crippen molar-refractivity contribution in [1.29, 1.82) is 5.26 Å². The summed E-state index contributed by atoms with van der Waals surface area (Å²) in [6.45, 7) is 0. The number of benzene rings is 6. The SMILES string of the molecule is N#Cc1ccc2c(c1)C1(CCCCC1)c1cccc(-c3cc(-c4ccc5ccccc5c4)nc(-c4ccc5c(c4)oc4ccccc45)n3)c1-2. The molecule has 0 N–H and O–H groups in total. The second kappa shape index (κ2) is 10.7. The van der Waals surface area contributed by atoms with E-state index in [4.69, 9.17) is 14.4 Å². The second-order valence-electron chi connectivity index (χ2n) is 13.6.